The molecule has 27 heavy (non-hydrogen) atoms. The van der Waals surface area contributed by atoms with Gasteiger partial charge in [-0.2, -0.15) is 0 Å². The number of rotatable bonds is 5. The zero-order chi connectivity index (χ0) is 19.4. The van der Waals surface area contributed by atoms with E-state index in [4.69, 9.17) is 0 Å². The summed E-state index contributed by atoms with van der Waals surface area (Å²) < 4.78 is 1.42. The van der Waals surface area contributed by atoms with E-state index in [0.717, 1.165) is 12.0 Å². The molecule has 7 heteroatoms. The van der Waals surface area contributed by atoms with Gasteiger partial charge in [-0.05, 0) is 24.5 Å². The molecule has 3 amide bonds. The normalized spacial score (nSPS) is 14.9. The summed E-state index contributed by atoms with van der Waals surface area (Å²) >= 11 is 0. The molecule has 1 saturated heterocycles. The van der Waals surface area contributed by atoms with Crippen molar-refractivity contribution < 1.29 is 9.59 Å². The minimum atomic E-state index is -0.378. The first-order chi connectivity index (χ1) is 12.9. The van der Waals surface area contributed by atoms with Crippen molar-refractivity contribution in [2.45, 2.75) is 25.8 Å². The largest absolute Gasteiger partial charge is 0.340 e. The van der Waals surface area contributed by atoms with Crippen LogP contribution in [-0.2, 0) is 11.8 Å². The fourth-order valence-corrected chi connectivity index (χ4v) is 3.21. The van der Waals surface area contributed by atoms with E-state index < -0.39 is 0 Å². The monoisotopic (exact) mass is 368 g/mol. The van der Waals surface area contributed by atoms with Crippen molar-refractivity contribution in [3.05, 3.63) is 64.1 Å². The highest BCUT2D eigenvalue weighted by Crippen LogP contribution is 2.19. The van der Waals surface area contributed by atoms with Gasteiger partial charge in [0.15, 0.2) is 0 Å². The van der Waals surface area contributed by atoms with Crippen molar-refractivity contribution in [1.29, 1.82) is 0 Å². The van der Waals surface area contributed by atoms with Crippen LogP contribution in [0.2, 0.25) is 0 Å². The van der Waals surface area contributed by atoms with Gasteiger partial charge in [0.25, 0.3) is 5.56 Å². The van der Waals surface area contributed by atoms with Crippen LogP contribution in [0.25, 0.3) is 0 Å². The molecule has 1 unspecified atom stereocenters. The van der Waals surface area contributed by atoms with Crippen LogP contribution >= 0.6 is 0 Å². The topological polar surface area (TPSA) is 83.4 Å². The third-order valence-electron chi connectivity index (χ3n) is 4.77. The lowest BCUT2D eigenvalue weighted by molar-refractivity contribution is -0.128. The van der Waals surface area contributed by atoms with Gasteiger partial charge >= 0.3 is 6.03 Å². The van der Waals surface area contributed by atoms with Crippen molar-refractivity contribution in [3.8, 4) is 0 Å². The van der Waals surface area contributed by atoms with Crippen LogP contribution < -0.4 is 16.2 Å². The molecule has 0 radical (unpaired) electrons. The molecular weight excluding hydrogens is 344 g/mol. The SMILES string of the molecule is Cc1cc(=O)n(C)cc1NC(=O)NC(CN1CCCC1=O)c1ccccc1. The maximum atomic E-state index is 12.6. The molecule has 2 aromatic rings. The Balaban J connectivity index is 1.75. The number of amides is 3. The Morgan fingerprint density at radius 1 is 1.22 bits per heavy atom. The molecule has 2 heterocycles. The first-order valence-corrected chi connectivity index (χ1v) is 9.01. The predicted octanol–water partition coefficient (Wildman–Crippen LogP) is 2.18. The van der Waals surface area contributed by atoms with E-state index in [9.17, 15) is 14.4 Å². The highest BCUT2D eigenvalue weighted by molar-refractivity contribution is 5.90. The fraction of sp³-hybridized carbons (Fsp3) is 0.350. The Morgan fingerprint density at radius 3 is 2.63 bits per heavy atom. The highest BCUT2D eigenvalue weighted by Gasteiger charge is 2.25. The molecule has 2 N–H and O–H groups in total. The second-order valence-electron chi connectivity index (χ2n) is 6.82. The number of hydrogen-bond donors (Lipinski definition) is 2. The summed E-state index contributed by atoms with van der Waals surface area (Å²) in [5, 5.41) is 5.76. The van der Waals surface area contributed by atoms with Crippen molar-refractivity contribution in [3.63, 3.8) is 0 Å². The van der Waals surface area contributed by atoms with E-state index in [1.54, 1.807) is 25.1 Å². The maximum Gasteiger partial charge on any atom is 0.319 e. The van der Waals surface area contributed by atoms with Gasteiger partial charge in [0, 0.05) is 38.8 Å². The van der Waals surface area contributed by atoms with Gasteiger partial charge in [-0.1, -0.05) is 30.3 Å². The summed E-state index contributed by atoms with van der Waals surface area (Å²) in [7, 11) is 1.64. The first-order valence-electron chi connectivity index (χ1n) is 9.01. The van der Waals surface area contributed by atoms with Crippen molar-refractivity contribution in [1.82, 2.24) is 14.8 Å². The Morgan fingerprint density at radius 2 is 1.96 bits per heavy atom. The van der Waals surface area contributed by atoms with Crippen LogP contribution in [0.4, 0.5) is 10.5 Å². The Hall–Kier alpha value is -3.09. The molecule has 0 spiro atoms. The van der Waals surface area contributed by atoms with Crippen LogP contribution in [0.1, 0.15) is 30.0 Å². The molecule has 1 aromatic carbocycles. The number of likely N-dealkylation sites (tertiary alicyclic amines) is 1. The van der Waals surface area contributed by atoms with Gasteiger partial charge in [0.05, 0.1) is 11.7 Å². The zero-order valence-corrected chi connectivity index (χ0v) is 15.6. The van der Waals surface area contributed by atoms with E-state index in [2.05, 4.69) is 10.6 Å². The van der Waals surface area contributed by atoms with Crippen molar-refractivity contribution in [2.75, 3.05) is 18.4 Å². The zero-order valence-electron chi connectivity index (χ0n) is 15.6. The number of nitrogens with zero attached hydrogens (tertiary/aromatic N) is 2. The van der Waals surface area contributed by atoms with Crippen LogP contribution in [0.5, 0.6) is 0 Å². The number of carbonyl (C=O) groups excluding carboxylic acids is 2. The van der Waals surface area contributed by atoms with E-state index in [0.29, 0.717) is 30.8 Å². The van der Waals surface area contributed by atoms with Gasteiger partial charge in [0.2, 0.25) is 5.91 Å². The maximum absolute atomic E-state index is 12.6. The lowest BCUT2D eigenvalue weighted by Gasteiger charge is -2.25. The molecular formula is C20H24N4O3. The number of pyridine rings is 1. The van der Waals surface area contributed by atoms with Gasteiger partial charge in [-0.3, -0.25) is 9.59 Å². The second kappa shape index (κ2) is 8.07. The lowest BCUT2D eigenvalue weighted by Crippen LogP contribution is -2.40. The molecule has 1 atom stereocenters. The van der Waals surface area contributed by atoms with Crippen LogP contribution in [-0.4, -0.2) is 34.5 Å². The average molecular weight is 368 g/mol. The Labute approximate surface area is 158 Å². The summed E-state index contributed by atoms with van der Waals surface area (Å²) in [6.45, 7) is 2.92. The van der Waals surface area contributed by atoms with Gasteiger partial charge in [-0.15, -0.1) is 0 Å². The quantitative estimate of drug-likeness (QED) is 0.848. The molecule has 1 aromatic heterocycles. The fourth-order valence-electron chi connectivity index (χ4n) is 3.21. The molecule has 7 nitrogen and oxygen atoms in total. The molecule has 142 valence electrons. The second-order valence-corrected chi connectivity index (χ2v) is 6.82. The van der Waals surface area contributed by atoms with Crippen molar-refractivity contribution >= 4 is 17.6 Å². The van der Waals surface area contributed by atoms with Gasteiger partial charge in [-0.25, -0.2) is 4.79 Å². The molecule has 3 rings (SSSR count). The number of aromatic nitrogens is 1. The molecule has 1 aliphatic rings. The lowest BCUT2D eigenvalue weighted by atomic mass is 10.1. The third kappa shape index (κ3) is 4.55. The third-order valence-corrected chi connectivity index (χ3v) is 4.77. The smallest absolute Gasteiger partial charge is 0.319 e. The number of urea groups is 1. The highest BCUT2D eigenvalue weighted by atomic mass is 16.2. The van der Waals surface area contributed by atoms with Crippen LogP contribution in [0.3, 0.4) is 0 Å². The van der Waals surface area contributed by atoms with E-state index in [1.165, 1.54) is 10.6 Å². The number of aryl methyl sites for hydroxylation is 2. The standard InChI is InChI=1S/C20H24N4O3/c1-14-11-19(26)23(2)12-16(14)21-20(27)22-17(15-7-4-3-5-8-15)13-24-10-6-9-18(24)25/h3-5,7-8,11-12,17H,6,9-10,13H2,1-2H3,(H2,21,22,27). The summed E-state index contributed by atoms with van der Waals surface area (Å²) in [6, 6.07) is 10.4. The van der Waals surface area contributed by atoms with Crippen LogP contribution in [0.15, 0.2) is 47.4 Å². The van der Waals surface area contributed by atoms with Crippen LogP contribution in [0, 0.1) is 6.92 Å². The van der Waals surface area contributed by atoms with E-state index in [1.807, 2.05) is 30.3 Å². The molecule has 0 bridgehead atoms. The summed E-state index contributed by atoms with van der Waals surface area (Å²) in [6.07, 6.45) is 3.01. The number of hydrogen-bond acceptors (Lipinski definition) is 3. The molecule has 0 aliphatic carbocycles. The van der Waals surface area contributed by atoms with Crippen molar-refractivity contribution in [2.24, 2.45) is 7.05 Å². The van der Waals surface area contributed by atoms with Gasteiger partial charge in [0.1, 0.15) is 0 Å². The van der Waals surface area contributed by atoms with E-state index >= 15 is 0 Å². The number of nitrogens with one attached hydrogen (secondary N) is 2. The summed E-state index contributed by atoms with van der Waals surface area (Å²) in [5.74, 6) is 0.118. The molecule has 0 saturated carbocycles. The Bertz CT molecular complexity index is 892. The summed E-state index contributed by atoms with van der Waals surface area (Å²) in [4.78, 5) is 38.0. The first kappa shape index (κ1) is 18.7. The van der Waals surface area contributed by atoms with Gasteiger partial charge < -0.3 is 20.1 Å². The van der Waals surface area contributed by atoms with E-state index in [-0.39, 0.29) is 23.5 Å². The Kier molecular flexibility index (Phi) is 5.59. The average Bonchev–Trinajstić information content (AvgIpc) is 3.04. The number of anilines is 1. The predicted molar refractivity (Wildman–Crippen MR) is 104 cm³/mol. The molecule has 1 aliphatic heterocycles. The number of benzene rings is 1. The molecule has 1 fully saturated rings. The minimum absolute atomic E-state index is 0.118. The minimum Gasteiger partial charge on any atom is -0.340 e. The summed E-state index contributed by atoms with van der Waals surface area (Å²) in [5.41, 5.74) is 2.07. The number of carbonyl (C=O) groups is 2.